The number of Topliss-reactive ketones (excluding diaryl/α,β-unsaturated/α-hetero) is 1. The molecule has 1 saturated heterocycles. The summed E-state index contributed by atoms with van der Waals surface area (Å²) in [7, 11) is 0. The molecule has 2 aromatic carbocycles. The van der Waals surface area contributed by atoms with Crippen molar-refractivity contribution in [2.75, 3.05) is 11.5 Å². The Hall–Kier alpha value is -1.16. The zero-order valence-corrected chi connectivity index (χ0v) is 14.9. The van der Waals surface area contributed by atoms with Gasteiger partial charge in [0.05, 0.1) is 10.5 Å². The van der Waals surface area contributed by atoms with Crippen molar-refractivity contribution >= 4 is 47.0 Å². The van der Waals surface area contributed by atoms with Gasteiger partial charge < -0.3 is 0 Å². The van der Waals surface area contributed by atoms with Crippen molar-refractivity contribution in [2.24, 2.45) is 5.92 Å². The van der Waals surface area contributed by atoms with Crippen LogP contribution in [0, 0.1) is 5.92 Å². The molecule has 0 aliphatic carbocycles. The summed E-state index contributed by atoms with van der Waals surface area (Å²) < 4.78 is 0.290. The molecule has 1 unspecified atom stereocenters. The highest BCUT2D eigenvalue weighted by Gasteiger charge is 2.30. The smallest absolute Gasteiger partial charge is 0.171 e. The van der Waals surface area contributed by atoms with Crippen molar-refractivity contribution in [1.29, 1.82) is 0 Å². The zero-order valence-electron chi connectivity index (χ0n) is 12.5. The van der Waals surface area contributed by atoms with E-state index in [2.05, 4.69) is 0 Å². The molecule has 118 valence electrons. The highest BCUT2D eigenvalue weighted by atomic mass is 35.5. The molecular weight excluding hydrogens is 344 g/mol. The maximum absolute atomic E-state index is 12.9. The van der Waals surface area contributed by atoms with Crippen LogP contribution in [0.15, 0.2) is 60.7 Å². The van der Waals surface area contributed by atoms with E-state index in [1.54, 1.807) is 0 Å². The van der Waals surface area contributed by atoms with Gasteiger partial charge in [0.2, 0.25) is 0 Å². The van der Waals surface area contributed by atoms with Gasteiger partial charge >= 0.3 is 0 Å². The molecule has 1 aliphatic heterocycles. The second-order valence-electron chi connectivity index (χ2n) is 5.28. The van der Waals surface area contributed by atoms with Gasteiger partial charge in [-0.2, -0.15) is 0 Å². The average molecular weight is 361 g/mol. The van der Waals surface area contributed by atoms with E-state index in [9.17, 15) is 4.79 Å². The number of thioether (sulfide) groups is 2. The van der Waals surface area contributed by atoms with Gasteiger partial charge in [-0.25, -0.2) is 0 Å². The van der Waals surface area contributed by atoms with Crippen LogP contribution in [0.3, 0.4) is 0 Å². The summed E-state index contributed by atoms with van der Waals surface area (Å²) in [4.78, 5) is 12.9. The molecule has 3 rings (SSSR count). The monoisotopic (exact) mass is 360 g/mol. The highest BCUT2D eigenvalue weighted by Crippen LogP contribution is 2.39. The van der Waals surface area contributed by atoms with Gasteiger partial charge in [0, 0.05) is 22.1 Å². The lowest BCUT2D eigenvalue weighted by Gasteiger charge is -2.17. The number of hydrogen-bond acceptors (Lipinski definition) is 3. The minimum absolute atomic E-state index is 0.117. The van der Waals surface area contributed by atoms with E-state index in [4.69, 9.17) is 11.6 Å². The summed E-state index contributed by atoms with van der Waals surface area (Å²) in [5.41, 5.74) is 1.80. The number of halogens is 1. The normalized spacial score (nSPS) is 16.7. The first-order valence-corrected chi connectivity index (χ1v) is 9.98. The van der Waals surface area contributed by atoms with Crippen molar-refractivity contribution in [3.05, 3.63) is 76.8 Å². The lowest BCUT2D eigenvalue weighted by Crippen LogP contribution is -2.20. The summed E-state index contributed by atoms with van der Waals surface area (Å²) in [5.74, 6) is 2.29. The Morgan fingerprint density at radius 3 is 2.52 bits per heavy atom. The molecule has 1 atom stereocenters. The third-order valence-corrected chi connectivity index (χ3v) is 7.08. The first-order chi connectivity index (χ1) is 11.2. The van der Waals surface area contributed by atoms with Crippen LogP contribution >= 0.6 is 35.1 Å². The second-order valence-corrected chi connectivity index (χ2v) is 8.51. The minimum Gasteiger partial charge on any atom is -0.293 e. The summed E-state index contributed by atoms with van der Waals surface area (Å²) >= 11 is 9.79. The summed E-state index contributed by atoms with van der Waals surface area (Å²) in [5, 5.41) is 0.711. The summed E-state index contributed by atoms with van der Waals surface area (Å²) in [6.07, 6.45) is 4.05. The van der Waals surface area contributed by atoms with E-state index in [0.717, 1.165) is 22.6 Å². The van der Waals surface area contributed by atoms with Crippen molar-refractivity contribution in [2.45, 2.75) is 4.58 Å². The average Bonchev–Trinajstić information content (AvgIpc) is 3.10. The molecule has 4 heteroatoms. The van der Waals surface area contributed by atoms with E-state index in [1.807, 2.05) is 90.3 Å². The van der Waals surface area contributed by atoms with Crippen LogP contribution in [0.4, 0.5) is 0 Å². The molecule has 2 aromatic rings. The number of carbonyl (C=O) groups is 1. The number of rotatable bonds is 5. The molecule has 1 fully saturated rings. The molecule has 0 radical (unpaired) electrons. The van der Waals surface area contributed by atoms with Crippen LogP contribution in [-0.2, 0) is 0 Å². The number of allylic oxidation sites excluding steroid dienone is 1. The van der Waals surface area contributed by atoms with Gasteiger partial charge in [0.15, 0.2) is 5.78 Å². The molecule has 0 amide bonds. The Kier molecular flexibility index (Phi) is 5.87. The third kappa shape index (κ3) is 4.43. The Balaban J connectivity index is 1.85. The van der Waals surface area contributed by atoms with Crippen molar-refractivity contribution < 1.29 is 4.79 Å². The van der Waals surface area contributed by atoms with Crippen molar-refractivity contribution in [3.63, 3.8) is 0 Å². The lowest BCUT2D eigenvalue weighted by atomic mass is 9.98. The second kappa shape index (κ2) is 8.09. The minimum atomic E-state index is -0.117. The van der Waals surface area contributed by atoms with Crippen molar-refractivity contribution in [3.8, 4) is 0 Å². The molecule has 23 heavy (non-hydrogen) atoms. The Labute approximate surface area is 150 Å². The largest absolute Gasteiger partial charge is 0.293 e. The third-order valence-electron chi connectivity index (χ3n) is 3.65. The number of hydrogen-bond donors (Lipinski definition) is 0. The van der Waals surface area contributed by atoms with Crippen molar-refractivity contribution in [1.82, 2.24) is 0 Å². The predicted molar refractivity (Wildman–Crippen MR) is 103 cm³/mol. The fourth-order valence-electron chi connectivity index (χ4n) is 2.51. The molecule has 0 bridgehead atoms. The molecule has 0 N–H and O–H groups in total. The highest BCUT2D eigenvalue weighted by molar-refractivity contribution is 8.20. The van der Waals surface area contributed by atoms with E-state index in [0.29, 0.717) is 5.02 Å². The van der Waals surface area contributed by atoms with Gasteiger partial charge in [-0.3, -0.25) is 4.79 Å². The lowest BCUT2D eigenvalue weighted by molar-refractivity contribution is 0.0952. The molecule has 1 heterocycles. The maximum Gasteiger partial charge on any atom is 0.171 e. The van der Waals surface area contributed by atoms with Crippen LogP contribution in [-0.4, -0.2) is 21.9 Å². The maximum atomic E-state index is 12.9. The first kappa shape index (κ1) is 16.7. The van der Waals surface area contributed by atoms with E-state index < -0.39 is 0 Å². The fourth-order valence-corrected chi connectivity index (χ4v) is 5.74. The van der Waals surface area contributed by atoms with E-state index >= 15 is 0 Å². The van der Waals surface area contributed by atoms with E-state index in [-0.39, 0.29) is 16.3 Å². The van der Waals surface area contributed by atoms with E-state index in [1.165, 1.54) is 0 Å². The number of benzene rings is 2. The van der Waals surface area contributed by atoms with Gasteiger partial charge in [-0.1, -0.05) is 66.2 Å². The summed E-state index contributed by atoms with van der Waals surface area (Å²) in [6.45, 7) is 0. The van der Waals surface area contributed by atoms with Crippen LogP contribution in [0.25, 0.3) is 6.08 Å². The Morgan fingerprint density at radius 1 is 1.09 bits per heavy atom. The van der Waals surface area contributed by atoms with Gasteiger partial charge in [-0.05, 0) is 17.7 Å². The van der Waals surface area contributed by atoms with Gasteiger partial charge in [-0.15, -0.1) is 23.5 Å². The SMILES string of the molecule is O=C(c1ccccc1)C(/C=C/c1cccc(Cl)c1)C1SCCS1. The van der Waals surface area contributed by atoms with Crippen LogP contribution in [0.1, 0.15) is 15.9 Å². The molecular formula is C19H17ClOS2. The van der Waals surface area contributed by atoms with Gasteiger partial charge in [0.25, 0.3) is 0 Å². The molecule has 0 saturated carbocycles. The molecule has 0 aromatic heterocycles. The topological polar surface area (TPSA) is 17.1 Å². The quantitative estimate of drug-likeness (QED) is 0.640. The molecule has 0 spiro atoms. The zero-order chi connectivity index (χ0) is 16.1. The number of carbonyl (C=O) groups excluding carboxylic acids is 1. The van der Waals surface area contributed by atoms with Gasteiger partial charge in [0.1, 0.15) is 0 Å². The fraction of sp³-hybridized carbons (Fsp3) is 0.211. The molecule has 1 nitrogen and oxygen atoms in total. The standard InChI is InChI=1S/C19H17ClOS2/c20-16-8-4-5-14(13-16)9-10-17(19-22-11-12-23-19)18(21)15-6-2-1-3-7-15/h1-10,13,17,19H,11-12H2/b10-9+. The number of ketones is 1. The predicted octanol–water partition coefficient (Wildman–Crippen LogP) is 5.66. The van der Waals surface area contributed by atoms with Crippen LogP contribution in [0.2, 0.25) is 5.02 Å². The Morgan fingerprint density at radius 2 is 1.83 bits per heavy atom. The van der Waals surface area contributed by atoms with Crippen LogP contribution in [0.5, 0.6) is 0 Å². The first-order valence-electron chi connectivity index (χ1n) is 7.50. The summed E-state index contributed by atoms with van der Waals surface area (Å²) in [6, 6.07) is 17.3. The van der Waals surface area contributed by atoms with Crippen LogP contribution < -0.4 is 0 Å². The molecule has 1 aliphatic rings. The Bertz CT molecular complexity index is 694.